The Morgan fingerprint density at radius 3 is 1.42 bits per heavy atom. The van der Waals surface area contributed by atoms with Crippen molar-refractivity contribution >= 4 is 5.78 Å². The largest absolute Gasteiger partial charge is 0.298 e. The van der Waals surface area contributed by atoms with E-state index in [1.54, 1.807) is 0 Å². The number of carbonyl (C=O) groups is 1. The van der Waals surface area contributed by atoms with Crippen LogP contribution in [0.5, 0.6) is 0 Å². The molecule has 31 heavy (non-hydrogen) atoms. The molecule has 0 unspecified atom stereocenters. The number of rotatable bonds is 4. The van der Waals surface area contributed by atoms with Crippen LogP contribution in [0.2, 0.25) is 0 Å². The Balaban J connectivity index is 1.57. The lowest BCUT2D eigenvalue weighted by molar-refractivity contribution is -0.123. The van der Waals surface area contributed by atoms with E-state index >= 15 is 0 Å². The minimum absolute atomic E-state index is 0.00212. The molecule has 6 rings (SSSR count). The monoisotopic (exact) mass is 400 g/mol. The highest BCUT2D eigenvalue weighted by Gasteiger charge is 2.78. The molecule has 0 aromatic heterocycles. The number of hydrogen-bond acceptors (Lipinski definition) is 1. The first-order chi connectivity index (χ1) is 15.3. The molecule has 0 aliphatic heterocycles. The van der Waals surface area contributed by atoms with E-state index in [0.717, 1.165) is 17.5 Å². The van der Waals surface area contributed by atoms with E-state index in [9.17, 15) is 4.79 Å². The fourth-order valence-corrected chi connectivity index (χ4v) is 6.30. The number of hydrogen-bond donors (Lipinski definition) is 0. The fourth-order valence-electron chi connectivity index (χ4n) is 6.30. The summed E-state index contributed by atoms with van der Waals surface area (Å²) in [5.41, 5.74) is 4.02. The van der Waals surface area contributed by atoms with Gasteiger partial charge in [-0.1, -0.05) is 121 Å². The number of ketones is 1. The van der Waals surface area contributed by atoms with Crippen LogP contribution in [0.15, 0.2) is 121 Å². The van der Waals surface area contributed by atoms with Crippen molar-refractivity contribution in [2.75, 3.05) is 0 Å². The maximum atomic E-state index is 14.4. The van der Waals surface area contributed by atoms with Gasteiger partial charge in [0, 0.05) is 17.3 Å². The van der Waals surface area contributed by atoms with Crippen molar-refractivity contribution in [3.8, 4) is 0 Å². The Kier molecular flexibility index (Phi) is 4.01. The summed E-state index contributed by atoms with van der Waals surface area (Å²) in [4.78, 5) is 14.4. The van der Waals surface area contributed by atoms with Gasteiger partial charge in [0.05, 0.1) is 5.41 Å². The zero-order chi connectivity index (χ0) is 20.9. The van der Waals surface area contributed by atoms with Crippen LogP contribution in [-0.2, 0) is 15.6 Å². The lowest BCUT2D eigenvalue weighted by Crippen LogP contribution is -2.37. The molecule has 2 saturated carbocycles. The molecule has 0 heterocycles. The minimum atomic E-state index is -0.603. The number of fused-ring (bicyclic) bond motifs is 1. The third-order valence-electron chi connectivity index (χ3n) is 7.60. The van der Waals surface area contributed by atoms with Crippen LogP contribution >= 0.6 is 0 Å². The van der Waals surface area contributed by atoms with E-state index in [1.165, 1.54) is 11.1 Å². The van der Waals surface area contributed by atoms with Gasteiger partial charge in [-0.05, 0) is 28.7 Å². The molecule has 0 N–H and O–H groups in total. The summed E-state index contributed by atoms with van der Waals surface area (Å²) in [5.74, 6) is 0.601. The van der Waals surface area contributed by atoms with Crippen LogP contribution in [0.4, 0.5) is 0 Å². The van der Waals surface area contributed by atoms with Gasteiger partial charge in [0.25, 0.3) is 0 Å². The van der Waals surface area contributed by atoms with E-state index in [-0.39, 0.29) is 17.3 Å². The summed E-state index contributed by atoms with van der Waals surface area (Å²) in [7, 11) is 0. The van der Waals surface area contributed by atoms with Crippen molar-refractivity contribution < 1.29 is 4.79 Å². The molecule has 150 valence electrons. The van der Waals surface area contributed by atoms with Gasteiger partial charge < -0.3 is 0 Å². The van der Waals surface area contributed by atoms with Crippen LogP contribution in [0, 0.1) is 5.92 Å². The molecular formula is C30H24O. The predicted molar refractivity (Wildman–Crippen MR) is 124 cm³/mol. The highest BCUT2D eigenvalue weighted by molar-refractivity contribution is 6.04. The molecule has 0 radical (unpaired) electrons. The Morgan fingerprint density at radius 1 is 0.516 bits per heavy atom. The molecule has 0 bridgehead atoms. The Bertz CT molecular complexity index is 1180. The Hall–Kier alpha value is -3.45. The van der Waals surface area contributed by atoms with Crippen molar-refractivity contribution in [1.29, 1.82) is 0 Å². The normalized spacial score (nSPS) is 25.7. The van der Waals surface area contributed by atoms with Crippen LogP contribution in [0.3, 0.4) is 0 Å². The quantitative estimate of drug-likeness (QED) is 0.393. The first-order valence-electron chi connectivity index (χ1n) is 11.0. The van der Waals surface area contributed by atoms with Gasteiger partial charge in [-0.3, -0.25) is 4.79 Å². The average Bonchev–Trinajstić information content (AvgIpc) is 3.45. The SMILES string of the molecule is O=C1[C@@H]2[C@H](c3ccccc3)[C@]2(c2ccccc2)CC1(c1ccccc1)c1ccccc1. The molecule has 2 aliphatic carbocycles. The maximum Gasteiger partial charge on any atom is 0.152 e. The first kappa shape index (κ1) is 18.3. The highest BCUT2D eigenvalue weighted by Crippen LogP contribution is 2.76. The van der Waals surface area contributed by atoms with Crippen molar-refractivity contribution in [1.82, 2.24) is 0 Å². The third-order valence-corrected chi connectivity index (χ3v) is 7.60. The Morgan fingerprint density at radius 2 is 0.935 bits per heavy atom. The molecule has 2 aliphatic rings. The molecule has 0 saturated heterocycles. The summed E-state index contributed by atoms with van der Waals surface area (Å²) >= 11 is 0. The van der Waals surface area contributed by atoms with Gasteiger partial charge in [-0.15, -0.1) is 0 Å². The molecule has 0 spiro atoms. The van der Waals surface area contributed by atoms with E-state index in [0.29, 0.717) is 5.78 Å². The zero-order valence-corrected chi connectivity index (χ0v) is 17.3. The van der Waals surface area contributed by atoms with Crippen molar-refractivity contribution in [3.63, 3.8) is 0 Å². The van der Waals surface area contributed by atoms with E-state index in [1.807, 2.05) is 12.1 Å². The summed E-state index contributed by atoms with van der Waals surface area (Å²) in [6.45, 7) is 0. The number of benzene rings is 4. The van der Waals surface area contributed by atoms with E-state index < -0.39 is 5.41 Å². The van der Waals surface area contributed by atoms with Gasteiger partial charge in [-0.2, -0.15) is 0 Å². The van der Waals surface area contributed by atoms with Crippen molar-refractivity contribution in [2.24, 2.45) is 5.92 Å². The summed E-state index contributed by atoms with van der Waals surface area (Å²) in [6.07, 6.45) is 0.807. The topological polar surface area (TPSA) is 17.1 Å². The summed E-state index contributed by atoms with van der Waals surface area (Å²) < 4.78 is 0. The number of Topliss-reactive ketones (excluding diaryl/α,β-unsaturated/α-hetero) is 1. The molecule has 4 aromatic rings. The second-order valence-electron chi connectivity index (χ2n) is 8.95. The minimum Gasteiger partial charge on any atom is -0.298 e. The molecular weight excluding hydrogens is 376 g/mol. The van der Waals surface area contributed by atoms with E-state index in [2.05, 4.69) is 109 Å². The molecule has 1 heteroatoms. The second-order valence-corrected chi connectivity index (χ2v) is 8.95. The van der Waals surface area contributed by atoms with Gasteiger partial charge >= 0.3 is 0 Å². The van der Waals surface area contributed by atoms with Crippen LogP contribution in [0.25, 0.3) is 0 Å². The molecule has 4 aromatic carbocycles. The molecule has 2 fully saturated rings. The lowest BCUT2D eigenvalue weighted by atomic mass is 9.67. The fraction of sp³-hybridized carbons (Fsp3) is 0.167. The van der Waals surface area contributed by atoms with Crippen LogP contribution in [0.1, 0.15) is 34.6 Å². The molecule has 1 nitrogen and oxygen atoms in total. The van der Waals surface area contributed by atoms with Crippen molar-refractivity contribution in [2.45, 2.75) is 23.2 Å². The van der Waals surface area contributed by atoms with Gasteiger partial charge in [0.2, 0.25) is 0 Å². The third kappa shape index (κ3) is 2.47. The Labute approximate surface area is 183 Å². The molecule has 0 amide bonds. The maximum absolute atomic E-state index is 14.4. The van der Waals surface area contributed by atoms with Gasteiger partial charge in [0.15, 0.2) is 5.78 Å². The van der Waals surface area contributed by atoms with Crippen molar-refractivity contribution in [3.05, 3.63) is 144 Å². The van der Waals surface area contributed by atoms with Gasteiger partial charge in [0.1, 0.15) is 0 Å². The summed E-state index contributed by atoms with van der Waals surface area (Å²) in [5, 5.41) is 0. The van der Waals surface area contributed by atoms with Crippen LogP contribution in [-0.4, -0.2) is 5.78 Å². The second kappa shape index (κ2) is 6.78. The molecule has 3 atom stereocenters. The average molecular weight is 401 g/mol. The van der Waals surface area contributed by atoms with Gasteiger partial charge in [-0.25, -0.2) is 0 Å². The van der Waals surface area contributed by atoms with Crippen LogP contribution < -0.4 is 0 Å². The zero-order valence-electron chi connectivity index (χ0n) is 17.3. The number of carbonyl (C=O) groups excluding carboxylic acids is 1. The standard InChI is InChI=1S/C30H24O/c31-28-27-26(22-13-5-1-6-14-22)30(27,25-19-11-4-12-20-25)21-29(28,23-15-7-2-8-16-23)24-17-9-3-10-18-24/h1-20,26-27H,21H2/t26-,27-,30+/m0/s1. The highest BCUT2D eigenvalue weighted by atomic mass is 16.1. The lowest BCUT2D eigenvalue weighted by Gasteiger charge is -2.34. The smallest absolute Gasteiger partial charge is 0.152 e. The van der Waals surface area contributed by atoms with E-state index in [4.69, 9.17) is 0 Å². The predicted octanol–water partition coefficient (Wildman–Crippen LogP) is 6.30. The summed E-state index contributed by atoms with van der Waals surface area (Å²) in [6, 6.07) is 42.1. The first-order valence-corrected chi connectivity index (χ1v) is 11.0.